The van der Waals surface area contributed by atoms with E-state index in [0.29, 0.717) is 18.7 Å². The molecule has 1 saturated carbocycles. The summed E-state index contributed by atoms with van der Waals surface area (Å²) in [6.45, 7) is 3.10. The standard InChI is InChI=1S/C25H34N4O4S.C2HF3O2/c1-28-15-4-2-3-9-24(11-13-26-14-12-24)23(31)29-17-20-8-10-25(20,18-29)27-22(30)19-6-5-7-21(16-19)34(28,32)33;3-2(4,5)1(6)7/h2,4-7,16,20,26H,3,8-15,17-18H2,1H3,(H,27,30);(H,6,7)/b4-2+;/t20-,25-;/m0./s1. The van der Waals surface area contributed by atoms with Crippen LogP contribution in [0.15, 0.2) is 41.3 Å². The first-order chi connectivity index (χ1) is 19.2. The van der Waals surface area contributed by atoms with Crippen molar-refractivity contribution in [3.05, 3.63) is 42.0 Å². The maximum absolute atomic E-state index is 13.9. The first-order valence-electron chi connectivity index (χ1n) is 13.5. The van der Waals surface area contributed by atoms with Crippen molar-refractivity contribution in [1.82, 2.24) is 19.8 Å². The molecule has 2 saturated heterocycles. The van der Waals surface area contributed by atoms with Gasteiger partial charge in [-0.2, -0.15) is 17.5 Å². The summed E-state index contributed by atoms with van der Waals surface area (Å²) in [5.74, 6) is -2.57. The lowest BCUT2D eigenvalue weighted by Gasteiger charge is -2.44. The van der Waals surface area contributed by atoms with Gasteiger partial charge < -0.3 is 20.6 Å². The Kier molecular flexibility index (Phi) is 8.86. The maximum Gasteiger partial charge on any atom is 0.490 e. The molecule has 14 heteroatoms. The Morgan fingerprint density at radius 1 is 1.10 bits per heavy atom. The fraction of sp³-hybridized carbons (Fsp3) is 0.593. The predicted octanol–water partition coefficient (Wildman–Crippen LogP) is 2.38. The zero-order chi connectivity index (χ0) is 30.1. The van der Waals surface area contributed by atoms with Crippen LogP contribution >= 0.6 is 0 Å². The number of rotatable bonds is 0. The third-order valence-corrected chi connectivity index (χ3v) is 10.5. The van der Waals surface area contributed by atoms with Crippen LogP contribution in [0.5, 0.6) is 0 Å². The highest BCUT2D eigenvalue weighted by molar-refractivity contribution is 7.89. The fourth-order valence-electron chi connectivity index (χ4n) is 6.09. The highest BCUT2D eigenvalue weighted by Crippen LogP contribution is 2.47. The van der Waals surface area contributed by atoms with Crippen LogP contribution in [-0.4, -0.2) is 92.0 Å². The number of hydrogen-bond donors (Lipinski definition) is 3. The molecule has 1 aliphatic carbocycles. The van der Waals surface area contributed by atoms with E-state index in [4.69, 9.17) is 9.90 Å². The summed E-state index contributed by atoms with van der Waals surface area (Å²) in [5.41, 5.74) is -0.488. The van der Waals surface area contributed by atoms with E-state index >= 15 is 0 Å². The second-order valence-corrected chi connectivity index (χ2v) is 13.2. The number of likely N-dealkylation sites (N-methyl/N-ethyl adjacent to an activating group) is 1. The third kappa shape index (κ3) is 6.44. The Balaban J connectivity index is 0.000000493. The number of carbonyl (C=O) groups excluding carboxylic acids is 2. The molecule has 4 bridgehead atoms. The number of fused-ring (bicyclic) bond motifs is 3. The van der Waals surface area contributed by atoms with Crippen LogP contribution in [0.3, 0.4) is 0 Å². The van der Waals surface area contributed by atoms with E-state index in [-0.39, 0.29) is 29.2 Å². The zero-order valence-electron chi connectivity index (χ0n) is 22.7. The quantitative estimate of drug-likeness (QED) is 0.389. The third-order valence-electron chi connectivity index (χ3n) is 8.66. The number of hydrogen-bond acceptors (Lipinski definition) is 6. The average molecular weight is 601 g/mol. The van der Waals surface area contributed by atoms with Gasteiger partial charge in [-0.3, -0.25) is 9.59 Å². The smallest absolute Gasteiger partial charge is 0.475 e. The Hall–Kier alpha value is -2.97. The van der Waals surface area contributed by atoms with Gasteiger partial charge >= 0.3 is 12.1 Å². The van der Waals surface area contributed by atoms with Crippen molar-refractivity contribution in [1.29, 1.82) is 0 Å². The molecule has 4 aliphatic rings. The average Bonchev–Trinajstić information content (AvgIpc) is 3.17. The summed E-state index contributed by atoms with van der Waals surface area (Å²) >= 11 is 0. The SMILES string of the molecule is CN1C/C=C/CCC2(CCNCC2)C(=O)N2C[C@@H]3CC[C@@]3(C2)NC(=O)c2cccc(c2)S1(=O)=O.O=C(O)C(F)(F)F. The lowest BCUT2D eigenvalue weighted by Crippen LogP contribution is -2.60. The van der Waals surface area contributed by atoms with E-state index in [1.54, 1.807) is 19.2 Å². The second-order valence-electron chi connectivity index (χ2n) is 11.2. The number of alkyl halides is 3. The molecule has 5 rings (SSSR count). The Bertz CT molecular complexity index is 1310. The van der Waals surface area contributed by atoms with Crippen LogP contribution in [0, 0.1) is 11.3 Å². The number of nitrogens with zero attached hydrogens (tertiary/aromatic N) is 2. The summed E-state index contributed by atoms with van der Waals surface area (Å²) in [6, 6.07) is 6.24. The topological polar surface area (TPSA) is 136 Å². The number of sulfonamides is 1. The molecule has 0 radical (unpaired) electrons. The first-order valence-corrected chi connectivity index (χ1v) is 15.0. The minimum atomic E-state index is -5.08. The first kappa shape index (κ1) is 31.0. The lowest BCUT2D eigenvalue weighted by atomic mass is 9.69. The van der Waals surface area contributed by atoms with Crippen molar-refractivity contribution in [2.45, 2.75) is 55.1 Å². The summed E-state index contributed by atoms with van der Waals surface area (Å²) in [5, 5.41) is 13.7. The van der Waals surface area contributed by atoms with Gasteiger partial charge in [0.25, 0.3) is 5.91 Å². The second kappa shape index (κ2) is 11.7. The minimum Gasteiger partial charge on any atom is -0.475 e. The van der Waals surface area contributed by atoms with Crippen LogP contribution in [0.1, 0.15) is 48.9 Å². The number of nitrogens with one attached hydrogen (secondary N) is 2. The van der Waals surface area contributed by atoms with Crippen molar-refractivity contribution >= 4 is 27.8 Å². The number of piperidine rings is 1. The van der Waals surface area contributed by atoms with Crippen molar-refractivity contribution in [3.63, 3.8) is 0 Å². The van der Waals surface area contributed by atoms with Gasteiger partial charge in [-0.05, 0) is 69.8 Å². The highest BCUT2D eigenvalue weighted by atomic mass is 32.2. The van der Waals surface area contributed by atoms with Gasteiger partial charge in [-0.25, -0.2) is 13.2 Å². The molecule has 2 amide bonds. The van der Waals surface area contributed by atoms with E-state index in [2.05, 4.69) is 10.6 Å². The molecule has 0 aromatic heterocycles. The summed E-state index contributed by atoms with van der Waals surface area (Å²) < 4.78 is 59.2. The van der Waals surface area contributed by atoms with E-state index < -0.39 is 33.1 Å². The summed E-state index contributed by atoms with van der Waals surface area (Å²) in [4.78, 5) is 38.1. The van der Waals surface area contributed by atoms with Gasteiger partial charge in [-0.15, -0.1) is 0 Å². The molecule has 3 heterocycles. The maximum atomic E-state index is 13.9. The molecule has 1 aromatic carbocycles. The van der Waals surface area contributed by atoms with Crippen molar-refractivity contribution < 1.29 is 41.1 Å². The van der Waals surface area contributed by atoms with Crippen LogP contribution < -0.4 is 10.6 Å². The van der Waals surface area contributed by atoms with E-state index in [1.807, 2.05) is 17.1 Å². The summed E-state index contributed by atoms with van der Waals surface area (Å²) in [6.07, 6.45) is 3.69. The Labute approximate surface area is 237 Å². The van der Waals surface area contributed by atoms with Crippen LogP contribution in [0.2, 0.25) is 0 Å². The van der Waals surface area contributed by atoms with Crippen LogP contribution in [0.25, 0.3) is 0 Å². The molecule has 2 spiro atoms. The van der Waals surface area contributed by atoms with Crippen LogP contribution in [-0.2, 0) is 19.6 Å². The highest BCUT2D eigenvalue weighted by Gasteiger charge is 2.57. The molecular weight excluding hydrogens is 565 g/mol. The normalized spacial score (nSPS) is 28.8. The minimum absolute atomic E-state index is 0.111. The molecule has 2 atom stereocenters. The Morgan fingerprint density at radius 3 is 2.39 bits per heavy atom. The number of allylic oxidation sites excluding steroid dienone is 1. The molecule has 41 heavy (non-hydrogen) atoms. The number of amides is 2. The van der Waals surface area contributed by atoms with Gasteiger partial charge in [0.05, 0.1) is 15.8 Å². The van der Waals surface area contributed by atoms with Gasteiger partial charge in [0.2, 0.25) is 15.9 Å². The number of carboxylic acid groups (broad SMARTS) is 1. The number of carboxylic acids is 1. The number of carbonyl (C=O) groups is 3. The van der Waals surface area contributed by atoms with Crippen molar-refractivity contribution in [2.24, 2.45) is 11.3 Å². The van der Waals surface area contributed by atoms with E-state index in [1.165, 1.54) is 16.4 Å². The van der Waals surface area contributed by atoms with Gasteiger partial charge in [0.1, 0.15) is 0 Å². The molecule has 0 unspecified atom stereocenters. The van der Waals surface area contributed by atoms with Crippen LogP contribution in [0.4, 0.5) is 13.2 Å². The predicted molar refractivity (Wildman–Crippen MR) is 142 cm³/mol. The zero-order valence-corrected chi connectivity index (χ0v) is 23.6. The lowest BCUT2D eigenvalue weighted by molar-refractivity contribution is -0.192. The van der Waals surface area contributed by atoms with E-state index in [0.717, 1.165) is 51.6 Å². The van der Waals surface area contributed by atoms with E-state index in [9.17, 15) is 31.2 Å². The van der Waals surface area contributed by atoms with Gasteiger partial charge in [0, 0.05) is 38.2 Å². The molecule has 3 N–H and O–H groups in total. The number of halogens is 3. The molecule has 3 fully saturated rings. The largest absolute Gasteiger partial charge is 0.490 e. The summed E-state index contributed by atoms with van der Waals surface area (Å²) in [7, 11) is -2.18. The fourth-order valence-corrected chi connectivity index (χ4v) is 7.26. The van der Waals surface area contributed by atoms with Gasteiger partial charge in [0.15, 0.2) is 0 Å². The molecule has 3 aliphatic heterocycles. The van der Waals surface area contributed by atoms with Crippen molar-refractivity contribution in [2.75, 3.05) is 39.8 Å². The molecule has 1 aromatic rings. The molecular formula is C27H35F3N4O6S. The number of benzene rings is 1. The Morgan fingerprint density at radius 2 is 1.78 bits per heavy atom. The van der Waals surface area contributed by atoms with Crippen molar-refractivity contribution in [3.8, 4) is 0 Å². The number of aliphatic carboxylic acids is 1. The monoisotopic (exact) mass is 600 g/mol. The molecule has 226 valence electrons. The van der Waals surface area contributed by atoms with Gasteiger partial charge in [-0.1, -0.05) is 18.2 Å². The molecule has 10 nitrogen and oxygen atoms in total.